The zero-order valence-corrected chi connectivity index (χ0v) is 11.3. The number of hydrogen-bond acceptors (Lipinski definition) is 2. The van der Waals surface area contributed by atoms with Crippen LogP contribution in [0.25, 0.3) is 0 Å². The average molecular weight is 263 g/mol. The SMILES string of the molecule is Cc1ccc(C2NC(=NCC(C)C)NC2=O)cc1F. The molecule has 0 radical (unpaired) electrons. The van der Waals surface area contributed by atoms with Crippen molar-refractivity contribution in [2.45, 2.75) is 26.8 Å². The van der Waals surface area contributed by atoms with Crippen LogP contribution in [-0.4, -0.2) is 18.4 Å². The number of amides is 1. The van der Waals surface area contributed by atoms with Gasteiger partial charge in [-0.1, -0.05) is 26.0 Å². The standard InChI is InChI=1S/C14H18FN3O/c1-8(2)7-16-14-17-12(13(19)18-14)10-5-4-9(3)11(15)6-10/h4-6,8,12H,7H2,1-3H3,(H2,16,17,18,19). The van der Waals surface area contributed by atoms with E-state index >= 15 is 0 Å². The quantitative estimate of drug-likeness (QED) is 0.875. The first kappa shape index (κ1) is 13.5. The Morgan fingerprint density at radius 3 is 2.79 bits per heavy atom. The van der Waals surface area contributed by atoms with Gasteiger partial charge in [0, 0.05) is 6.54 Å². The first-order valence-electron chi connectivity index (χ1n) is 6.35. The lowest BCUT2D eigenvalue weighted by molar-refractivity contribution is -0.120. The Bertz CT molecular complexity index is 525. The van der Waals surface area contributed by atoms with Crippen LogP contribution in [-0.2, 0) is 4.79 Å². The van der Waals surface area contributed by atoms with Crippen molar-refractivity contribution in [3.05, 3.63) is 35.1 Å². The highest BCUT2D eigenvalue weighted by Crippen LogP contribution is 2.19. The lowest BCUT2D eigenvalue weighted by atomic mass is 10.1. The van der Waals surface area contributed by atoms with Crippen LogP contribution in [0, 0.1) is 18.7 Å². The summed E-state index contributed by atoms with van der Waals surface area (Å²) in [6.07, 6.45) is 0. The smallest absolute Gasteiger partial charge is 0.253 e. The van der Waals surface area contributed by atoms with Crippen molar-refractivity contribution < 1.29 is 9.18 Å². The van der Waals surface area contributed by atoms with Gasteiger partial charge in [-0.3, -0.25) is 15.1 Å². The lowest BCUT2D eigenvalue weighted by Gasteiger charge is -2.09. The highest BCUT2D eigenvalue weighted by molar-refractivity contribution is 6.06. The summed E-state index contributed by atoms with van der Waals surface area (Å²) in [6, 6.07) is 4.24. The maximum atomic E-state index is 13.5. The van der Waals surface area contributed by atoms with Crippen molar-refractivity contribution in [1.82, 2.24) is 10.6 Å². The molecule has 1 heterocycles. The third-order valence-corrected chi connectivity index (χ3v) is 2.93. The second-order valence-electron chi connectivity index (χ2n) is 5.16. The van der Waals surface area contributed by atoms with E-state index in [1.165, 1.54) is 6.07 Å². The predicted octanol–water partition coefficient (Wildman–Crippen LogP) is 1.91. The Kier molecular flexibility index (Phi) is 3.83. The molecule has 1 unspecified atom stereocenters. The van der Waals surface area contributed by atoms with Crippen LogP contribution in [0.4, 0.5) is 4.39 Å². The number of benzene rings is 1. The fraction of sp³-hybridized carbons (Fsp3) is 0.429. The van der Waals surface area contributed by atoms with Gasteiger partial charge in [0.15, 0.2) is 5.96 Å². The minimum atomic E-state index is -0.569. The molecule has 1 fully saturated rings. The molecule has 1 aliphatic heterocycles. The molecule has 0 spiro atoms. The summed E-state index contributed by atoms with van der Waals surface area (Å²) < 4.78 is 13.5. The summed E-state index contributed by atoms with van der Waals surface area (Å²) in [5.74, 6) is 0.372. The average Bonchev–Trinajstić information content (AvgIpc) is 2.72. The molecule has 1 saturated heterocycles. The zero-order chi connectivity index (χ0) is 14.0. The van der Waals surface area contributed by atoms with Crippen LogP contribution in [0.5, 0.6) is 0 Å². The molecule has 1 aromatic carbocycles. The minimum Gasteiger partial charge on any atom is -0.340 e. The number of aliphatic imine (C=N–C) groups is 1. The molecule has 2 rings (SSSR count). The van der Waals surface area contributed by atoms with Crippen LogP contribution in [0.1, 0.15) is 31.0 Å². The molecular weight excluding hydrogens is 245 g/mol. The molecule has 19 heavy (non-hydrogen) atoms. The molecule has 1 aromatic rings. The number of halogens is 1. The summed E-state index contributed by atoms with van der Waals surface area (Å²) >= 11 is 0. The van der Waals surface area contributed by atoms with Gasteiger partial charge in [-0.15, -0.1) is 0 Å². The molecule has 4 nitrogen and oxygen atoms in total. The van der Waals surface area contributed by atoms with E-state index in [-0.39, 0.29) is 11.7 Å². The Balaban J connectivity index is 2.15. The number of hydrogen-bond donors (Lipinski definition) is 2. The normalized spacial score (nSPS) is 20.8. The van der Waals surface area contributed by atoms with Crippen molar-refractivity contribution in [2.75, 3.05) is 6.54 Å². The highest BCUT2D eigenvalue weighted by atomic mass is 19.1. The van der Waals surface area contributed by atoms with Crippen molar-refractivity contribution in [1.29, 1.82) is 0 Å². The van der Waals surface area contributed by atoms with E-state index in [2.05, 4.69) is 15.6 Å². The Morgan fingerprint density at radius 1 is 1.42 bits per heavy atom. The van der Waals surface area contributed by atoms with Crippen molar-refractivity contribution >= 4 is 11.9 Å². The van der Waals surface area contributed by atoms with E-state index in [0.717, 1.165) is 0 Å². The topological polar surface area (TPSA) is 53.5 Å². The Morgan fingerprint density at radius 2 is 2.16 bits per heavy atom. The number of aryl methyl sites for hydroxylation is 1. The van der Waals surface area contributed by atoms with E-state index in [9.17, 15) is 9.18 Å². The van der Waals surface area contributed by atoms with Gasteiger partial charge in [0.2, 0.25) is 0 Å². The van der Waals surface area contributed by atoms with Gasteiger partial charge in [0.25, 0.3) is 5.91 Å². The van der Waals surface area contributed by atoms with Crippen molar-refractivity contribution in [3.8, 4) is 0 Å². The molecule has 2 N–H and O–H groups in total. The summed E-state index contributed by atoms with van der Waals surface area (Å²) in [4.78, 5) is 16.1. The number of nitrogens with zero attached hydrogens (tertiary/aromatic N) is 1. The molecule has 0 aromatic heterocycles. The first-order valence-corrected chi connectivity index (χ1v) is 6.35. The van der Waals surface area contributed by atoms with Gasteiger partial charge in [-0.05, 0) is 30.0 Å². The summed E-state index contributed by atoms with van der Waals surface area (Å²) in [5.41, 5.74) is 1.17. The third kappa shape index (κ3) is 3.10. The number of carbonyl (C=O) groups excluding carboxylic acids is 1. The molecule has 0 aliphatic carbocycles. The van der Waals surface area contributed by atoms with E-state index in [0.29, 0.717) is 29.5 Å². The summed E-state index contributed by atoms with van der Waals surface area (Å²) in [7, 11) is 0. The van der Waals surface area contributed by atoms with E-state index in [1.54, 1.807) is 19.1 Å². The number of nitrogens with one attached hydrogen (secondary N) is 2. The molecule has 1 amide bonds. The molecule has 0 bridgehead atoms. The molecule has 1 aliphatic rings. The van der Waals surface area contributed by atoms with Gasteiger partial charge in [0.05, 0.1) is 0 Å². The molecule has 1 atom stereocenters. The van der Waals surface area contributed by atoms with E-state index in [1.807, 2.05) is 13.8 Å². The fourth-order valence-corrected chi connectivity index (χ4v) is 1.81. The van der Waals surface area contributed by atoms with Crippen LogP contribution in [0.3, 0.4) is 0 Å². The van der Waals surface area contributed by atoms with Crippen molar-refractivity contribution in [3.63, 3.8) is 0 Å². The number of carbonyl (C=O) groups is 1. The van der Waals surface area contributed by atoms with Gasteiger partial charge in [-0.25, -0.2) is 4.39 Å². The monoisotopic (exact) mass is 263 g/mol. The van der Waals surface area contributed by atoms with Crippen molar-refractivity contribution in [2.24, 2.45) is 10.9 Å². The predicted molar refractivity (Wildman–Crippen MR) is 72.3 cm³/mol. The Labute approximate surface area is 112 Å². The maximum Gasteiger partial charge on any atom is 0.253 e. The van der Waals surface area contributed by atoms with Gasteiger partial charge in [0.1, 0.15) is 11.9 Å². The molecule has 0 saturated carbocycles. The highest BCUT2D eigenvalue weighted by Gasteiger charge is 2.29. The first-order chi connectivity index (χ1) is 8.97. The van der Waals surface area contributed by atoms with Gasteiger partial charge >= 0.3 is 0 Å². The van der Waals surface area contributed by atoms with E-state index in [4.69, 9.17) is 0 Å². The second-order valence-corrected chi connectivity index (χ2v) is 5.16. The summed E-state index contributed by atoms with van der Waals surface area (Å²) in [6.45, 7) is 6.43. The van der Waals surface area contributed by atoms with Gasteiger partial charge in [-0.2, -0.15) is 0 Å². The Hall–Kier alpha value is -1.91. The lowest BCUT2D eigenvalue weighted by Crippen LogP contribution is -2.26. The third-order valence-electron chi connectivity index (χ3n) is 2.93. The van der Waals surface area contributed by atoms with E-state index < -0.39 is 6.04 Å². The largest absolute Gasteiger partial charge is 0.340 e. The number of rotatable bonds is 3. The molecule has 5 heteroatoms. The molecule has 102 valence electrons. The van der Waals surface area contributed by atoms with Crippen LogP contribution >= 0.6 is 0 Å². The van der Waals surface area contributed by atoms with Crippen LogP contribution in [0.15, 0.2) is 23.2 Å². The minimum absolute atomic E-state index is 0.203. The maximum absolute atomic E-state index is 13.5. The molecular formula is C14H18FN3O. The fourth-order valence-electron chi connectivity index (χ4n) is 1.81. The zero-order valence-electron chi connectivity index (χ0n) is 11.3. The number of guanidine groups is 1. The summed E-state index contributed by atoms with van der Waals surface area (Å²) in [5, 5.41) is 5.65. The second kappa shape index (κ2) is 5.38. The van der Waals surface area contributed by atoms with Crippen LogP contribution < -0.4 is 10.6 Å². The van der Waals surface area contributed by atoms with Gasteiger partial charge < -0.3 is 5.32 Å². The van der Waals surface area contributed by atoms with Crippen LogP contribution in [0.2, 0.25) is 0 Å².